The molecule has 6 heteroatoms. The number of aryl methyl sites for hydroxylation is 2. The molecule has 0 radical (unpaired) electrons. The van der Waals surface area contributed by atoms with Crippen molar-refractivity contribution < 1.29 is 9.47 Å². The first-order chi connectivity index (χ1) is 8.59. The van der Waals surface area contributed by atoms with Crippen LogP contribution in [0, 0.1) is 12.3 Å². The summed E-state index contributed by atoms with van der Waals surface area (Å²) in [7, 11) is 1.79. The Bertz CT molecular complexity index is 436. The van der Waals surface area contributed by atoms with Crippen LogP contribution in [0.15, 0.2) is 0 Å². The van der Waals surface area contributed by atoms with Gasteiger partial charge in [0.05, 0.1) is 11.8 Å². The van der Waals surface area contributed by atoms with Gasteiger partial charge < -0.3 is 15.2 Å². The molecule has 1 fully saturated rings. The van der Waals surface area contributed by atoms with Gasteiger partial charge in [-0.2, -0.15) is 5.10 Å². The minimum Gasteiger partial charge on any atom is -0.475 e. The topological polar surface area (TPSA) is 86.2 Å². The summed E-state index contributed by atoms with van der Waals surface area (Å²) in [6, 6.07) is 0. The lowest BCUT2D eigenvalue weighted by atomic mass is 10.1. The van der Waals surface area contributed by atoms with Crippen LogP contribution in [0.25, 0.3) is 0 Å². The van der Waals surface area contributed by atoms with E-state index in [1.54, 1.807) is 11.7 Å². The summed E-state index contributed by atoms with van der Waals surface area (Å²) in [5.41, 5.74) is 6.85. The second-order valence-corrected chi connectivity index (χ2v) is 4.60. The number of hydrogen-bond donors (Lipinski definition) is 2. The second kappa shape index (κ2) is 5.39. The van der Waals surface area contributed by atoms with E-state index < -0.39 is 0 Å². The first kappa shape index (κ1) is 12.9. The number of hydrogen-bond acceptors (Lipinski definition) is 4. The molecule has 6 nitrogen and oxygen atoms in total. The van der Waals surface area contributed by atoms with Crippen LogP contribution in [0.5, 0.6) is 5.88 Å². The summed E-state index contributed by atoms with van der Waals surface area (Å²) in [6.45, 7) is 3.11. The number of amidine groups is 1. The van der Waals surface area contributed by atoms with Crippen LogP contribution in [0.2, 0.25) is 0 Å². The van der Waals surface area contributed by atoms with E-state index in [1.165, 1.54) is 6.42 Å². The van der Waals surface area contributed by atoms with Gasteiger partial charge in [-0.05, 0) is 26.2 Å². The van der Waals surface area contributed by atoms with Crippen molar-refractivity contribution in [3.8, 4) is 5.88 Å². The molecule has 1 aromatic rings. The maximum atomic E-state index is 7.57. The molecule has 2 heterocycles. The predicted molar refractivity (Wildman–Crippen MR) is 68.0 cm³/mol. The van der Waals surface area contributed by atoms with E-state index >= 15 is 0 Å². The summed E-state index contributed by atoms with van der Waals surface area (Å²) in [5.74, 6) is 0.536. The van der Waals surface area contributed by atoms with Gasteiger partial charge in [-0.1, -0.05) is 0 Å². The zero-order valence-corrected chi connectivity index (χ0v) is 10.9. The molecule has 2 rings (SSSR count). The molecule has 0 aromatic carbocycles. The van der Waals surface area contributed by atoms with Crippen molar-refractivity contribution in [1.29, 1.82) is 5.41 Å². The number of rotatable bonds is 4. The molecule has 18 heavy (non-hydrogen) atoms. The third-order valence-electron chi connectivity index (χ3n) is 3.12. The highest BCUT2D eigenvalue weighted by atomic mass is 16.5. The van der Waals surface area contributed by atoms with Crippen molar-refractivity contribution in [3.63, 3.8) is 0 Å². The summed E-state index contributed by atoms with van der Waals surface area (Å²) in [6.07, 6.45) is 3.46. The number of nitrogens with one attached hydrogen (secondary N) is 1. The number of nitrogens with two attached hydrogens (primary N) is 1. The van der Waals surface area contributed by atoms with Gasteiger partial charge in [0, 0.05) is 13.7 Å². The molecule has 1 unspecified atom stereocenters. The number of ether oxygens (including phenoxy) is 2. The Morgan fingerprint density at radius 1 is 1.61 bits per heavy atom. The maximum Gasteiger partial charge on any atom is 0.223 e. The lowest BCUT2D eigenvalue weighted by molar-refractivity contribution is -0.0127. The molecule has 1 aromatic heterocycles. The summed E-state index contributed by atoms with van der Waals surface area (Å²) < 4.78 is 13.0. The third kappa shape index (κ3) is 2.64. The Labute approximate surface area is 107 Å². The van der Waals surface area contributed by atoms with E-state index in [0.29, 0.717) is 23.7 Å². The Balaban J connectivity index is 2.06. The van der Waals surface area contributed by atoms with Crippen molar-refractivity contribution in [2.45, 2.75) is 32.3 Å². The average Bonchev–Trinajstić information content (AvgIpc) is 2.62. The Kier molecular flexibility index (Phi) is 3.86. The Hall–Kier alpha value is -1.56. The molecule has 1 saturated heterocycles. The zero-order chi connectivity index (χ0) is 13.1. The average molecular weight is 252 g/mol. The van der Waals surface area contributed by atoms with E-state index in [2.05, 4.69) is 5.10 Å². The van der Waals surface area contributed by atoms with Gasteiger partial charge in [0.2, 0.25) is 5.88 Å². The standard InChI is InChI=1S/C12H20N4O2/c1-8-10(11(13)14)12(16(2)15-8)18-7-9-5-3-4-6-17-9/h9H,3-7H2,1-2H3,(H3,13,14). The van der Waals surface area contributed by atoms with Gasteiger partial charge in [-0.3, -0.25) is 5.41 Å². The molecule has 3 N–H and O–H groups in total. The van der Waals surface area contributed by atoms with Gasteiger partial charge in [-0.15, -0.1) is 0 Å². The highest BCUT2D eigenvalue weighted by molar-refractivity contribution is 5.98. The number of nitrogens with zero attached hydrogens (tertiary/aromatic N) is 2. The molecular weight excluding hydrogens is 232 g/mol. The van der Waals surface area contributed by atoms with Crippen molar-refractivity contribution in [3.05, 3.63) is 11.3 Å². The quantitative estimate of drug-likeness (QED) is 0.617. The number of aromatic nitrogens is 2. The molecule has 0 aliphatic carbocycles. The third-order valence-corrected chi connectivity index (χ3v) is 3.12. The Morgan fingerprint density at radius 3 is 3.00 bits per heavy atom. The molecule has 0 bridgehead atoms. The van der Waals surface area contributed by atoms with Gasteiger partial charge in [0.15, 0.2) is 0 Å². The molecule has 1 atom stereocenters. The smallest absolute Gasteiger partial charge is 0.223 e. The van der Waals surface area contributed by atoms with E-state index in [4.69, 9.17) is 20.6 Å². The highest BCUT2D eigenvalue weighted by Crippen LogP contribution is 2.22. The molecule has 1 aliphatic heterocycles. The van der Waals surface area contributed by atoms with E-state index in [9.17, 15) is 0 Å². The monoisotopic (exact) mass is 252 g/mol. The van der Waals surface area contributed by atoms with E-state index in [0.717, 1.165) is 19.4 Å². The van der Waals surface area contributed by atoms with Crippen molar-refractivity contribution in [1.82, 2.24) is 9.78 Å². The van der Waals surface area contributed by atoms with Crippen LogP contribution >= 0.6 is 0 Å². The van der Waals surface area contributed by atoms with Gasteiger partial charge in [-0.25, -0.2) is 4.68 Å². The summed E-state index contributed by atoms with van der Waals surface area (Å²) in [5, 5.41) is 11.8. The fourth-order valence-electron chi connectivity index (χ4n) is 2.22. The summed E-state index contributed by atoms with van der Waals surface area (Å²) >= 11 is 0. The normalized spacial score (nSPS) is 19.8. The molecule has 1 aliphatic rings. The molecular formula is C12H20N4O2. The van der Waals surface area contributed by atoms with Crippen LogP contribution < -0.4 is 10.5 Å². The second-order valence-electron chi connectivity index (χ2n) is 4.60. The van der Waals surface area contributed by atoms with Crippen LogP contribution in [-0.2, 0) is 11.8 Å². The fraction of sp³-hybridized carbons (Fsp3) is 0.667. The van der Waals surface area contributed by atoms with Gasteiger partial charge in [0.1, 0.15) is 18.0 Å². The van der Waals surface area contributed by atoms with Crippen molar-refractivity contribution in [2.24, 2.45) is 12.8 Å². The van der Waals surface area contributed by atoms with Crippen molar-refractivity contribution in [2.75, 3.05) is 13.2 Å². The maximum absolute atomic E-state index is 7.57. The SMILES string of the molecule is Cc1nn(C)c(OCC2CCCCO2)c1C(=N)N. The molecule has 0 spiro atoms. The van der Waals surface area contributed by atoms with Crippen LogP contribution in [0.3, 0.4) is 0 Å². The van der Waals surface area contributed by atoms with Crippen molar-refractivity contribution >= 4 is 5.84 Å². The minimum absolute atomic E-state index is 0.0137. The number of nitrogen functional groups attached to an aromatic ring is 1. The summed E-state index contributed by atoms with van der Waals surface area (Å²) in [4.78, 5) is 0. The van der Waals surface area contributed by atoms with E-state index in [1.807, 2.05) is 6.92 Å². The van der Waals surface area contributed by atoms with Crippen LogP contribution in [0.1, 0.15) is 30.5 Å². The van der Waals surface area contributed by atoms with Crippen LogP contribution in [0.4, 0.5) is 0 Å². The first-order valence-electron chi connectivity index (χ1n) is 6.22. The first-order valence-corrected chi connectivity index (χ1v) is 6.22. The highest BCUT2D eigenvalue weighted by Gasteiger charge is 2.20. The Morgan fingerprint density at radius 2 is 2.39 bits per heavy atom. The largest absolute Gasteiger partial charge is 0.475 e. The zero-order valence-electron chi connectivity index (χ0n) is 10.9. The fourth-order valence-corrected chi connectivity index (χ4v) is 2.22. The van der Waals surface area contributed by atoms with Gasteiger partial charge >= 0.3 is 0 Å². The van der Waals surface area contributed by atoms with E-state index in [-0.39, 0.29) is 11.9 Å². The molecule has 0 saturated carbocycles. The van der Waals surface area contributed by atoms with Gasteiger partial charge in [0.25, 0.3) is 0 Å². The predicted octanol–water partition coefficient (Wildman–Crippen LogP) is 0.960. The van der Waals surface area contributed by atoms with Crippen LogP contribution in [-0.4, -0.2) is 34.9 Å². The lowest BCUT2D eigenvalue weighted by Gasteiger charge is -2.22. The molecule has 0 amide bonds. The molecule has 100 valence electrons. The lowest BCUT2D eigenvalue weighted by Crippen LogP contribution is -2.27. The minimum atomic E-state index is -0.0137.